The van der Waals surface area contributed by atoms with Gasteiger partial charge in [-0.15, -0.1) is 0 Å². The average molecular weight is 295 g/mol. The van der Waals surface area contributed by atoms with Gasteiger partial charge in [0.05, 0.1) is 5.69 Å². The Kier molecular flexibility index (Phi) is 3.33. The second-order valence-electron chi connectivity index (χ2n) is 5.36. The summed E-state index contributed by atoms with van der Waals surface area (Å²) in [6.45, 7) is 3.81. The van der Waals surface area contributed by atoms with Crippen LogP contribution in [0.4, 0.5) is 5.69 Å². The number of fused-ring (bicyclic) bond motifs is 1. The van der Waals surface area contributed by atoms with Crippen LogP contribution in [0.3, 0.4) is 0 Å². The van der Waals surface area contributed by atoms with Crippen LogP contribution in [0.5, 0.6) is 5.75 Å². The molecule has 22 heavy (non-hydrogen) atoms. The summed E-state index contributed by atoms with van der Waals surface area (Å²) in [5.41, 5.74) is 3.78. The van der Waals surface area contributed by atoms with Gasteiger partial charge in [-0.25, -0.2) is 4.98 Å². The Hall–Kier alpha value is -2.82. The summed E-state index contributed by atoms with van der Waals surface area (Å²) in [5.74, 6) is 0.0347. The van der Waals surface area contributed by atoms with Crippen LogP contribution in [-0.2, 0) is 0 Å². The molecule has 0 aliphatic carbocycles. The van der Waals surface area contributed by atoms with Gasteiger partial charge in [-0.1, -0.05) is 6.07 Å². The van der Waals surface area contributed by atoms with Crippen LogP contribution >= 0.6 is 0 Å². The summed E-state index contributed by atoms with van der Waals surface area (Å²) in [7, 11) is 1.71. The second kappa shape index (κ2) is 5.18. The predicted octanol–water partition coefficient (Wildman–Crippen LogP) is 2.93. The Bertz CT molecular complexity index is 850. The Morgan fingerprint density at radius 1 is 1.14 bits per heavy atom. The topological polar surface area (TPSA) is 57.8 Å². The molecule has 0 aliphatic rings. The molecule has 0 atom stereocenters. The molecular weight excluding hydrogens is 278 g/mol. The van der Waals surface area contributed by atoms with Crippen LogP contribution in [0, 0.1) is 13.8 Å². The number of rotatable bonds is 2. The first-order valence-electron chi connectivity index (χ1n) is 7.00. The highest BCUT2D eigenvalue weighted by molar-refractivity contribution is 6.05. The number of nitrogens with zero attached hydrogens (tertiary/aromatic N) is 3. The SMILES string of the molecule is Cc1ccc2nc(C)c(C(=O)N(C)c3ccc(O)cc3)n2c1. The van der Waals surface area contributed by atoms with Crippen molar-refractivity contribution >= 4 is 17.2 Å². The first kappa shape index (κ1) is 14.1. The van der Waals surface area contributed by atoms with Gasteiger partial charge in [0.1, 0.15) is 17.1 Å². The lowest BCUT2D eigenvalue weighted by atomic mass is 10.2. The lowest BCUT2D eigenvalue weighted by Crippen LogP contribution is -2.28. The number of aryl methyl sites for hydroxylation is 2. The molecule has 0 aliphatic heterocycles. The zero-order valence-electron chi connectivity index (χ0n) is 12.7. The van der Waals surface area contributed by atoms with E-state index in [4.69, 9.17) is 0 Å². The quantitative estimate of drug-likeness (QED) is 0.791. The average Bonchev–Trinajstić information content (AvgIpc) is 2.82. The van der Waals surface area contributed by atoms with Crippen molar-refractivity contribution < 1.29 is 9.90 Å². The van der Waals surface area contributed by atoms with E-state index in [1.54, 1.807) is 36.2 Å². The van der Waals surface area contributed by atoms with E-state index in [1.807, 2.05) is 36.6 Å². The van der Waals surface area contributed by atoms with E-state index >= 15 is 0 Å². The first-order chi connectivity index (χ1) is 10.5. The Labute approximate surface area is 128 Å². The van der Waals surface area contributed by atoms with Gasteiger partial charge in [0.2, 0.25) is 0 Å². The van der Waals surface area contributed by atoms with E-state index in [-0.39, 0.29) is 11.7 Å². The van der Waals surface area contributed by atoms with Crippen LogP contribution in [0.2, 0.25) is 0 Å². The molecule has 2 heterocycles. The number of carbonyl (C=O) groups excluding carboxylic acids is 1. The van der Waals surface area contributed by atoms with E-state index in [0.29, 0.717) is 17.1 Å². The molecule has 5 heteroatoms. The lowest BCUT2D eigenvalue weighted by molar-refractivity contribution is 0.0986. The third-order valence-electron chi connectivity index (χ3n) is 3.68. The van der Waals surface area contributed by atoms with E-state index in [2.05, 4.69) is 4.98 Å². The number of benzene rings is 1. The molecule has 112 valence electrons. The van der Waals surface area contributed by atoms with Crippen molar-refractivity contribution in [3.8, 4) is 5.75 Å². The van der Waals surface area contributed by atoms with Gasteiger partial charge in [0.25, 0.3) is 5.91 Å². The second-order valence-corrected chi connectivity index (χ2v) is 5.36. The van der Waals surface area contributed by atoms with Gasteiger partial charge in [-0.2, -0.15) is 0 Å². The normalized spacial score (nSPS) is 10.9. The molecule has 0 bridgehead atoms. The fraction of sp³-hybridized carbons (Fsp3) is 0.176. The van der Waals surface area contributed by atoms with Gasteiger partial charge in [0, 0.05) is 18.9 Å². The molecule has 0 fully saturated rings. The number of phenolic OH excluding ortho intramolecular Hbond substituents is 1. The maximum absolute atomic E-state index is 12.8. The number of aromatic nitrogens is 2. The van der Waals surface area contributed by atoms with Crippen molar-refractivity contribution in [3.63, 3.8) is 0 Å². The Balaban J connectivity index is 2.06. The number of amides is 1. The summed E-state index contributed by atoms with van der Waals surface area (Å²) in [6, 6.07) is 10.4. The van der Waals surface area contributed by atoms with Crippen LogP contribution in [0.25, 0.3) is 5.65 Å². The van der Waals surface area contributed by atoms with Crippen LogP contribution in [0.1, 0.15) is 21.7 Å². The molecule has 2 aromatic heterocycles. The van der Waals surface area contributed by atoms with Crippen LogP contribution in [0.15, 0.2) is 42.6 Å². The maximum atomic E-state index is 12.8. The standard InChI is InChI=1S/C17H17N3O2/c1-11-4-9-15-18-12(2)16(20(15)10-11)17(22)19(3)13-5-7-14(21)8-6-13/h4-10,21H,1-3H3. The minimum atomic E-state index is -0.138. The summed E-state index contributed by atoms with van der Waals surface area (Å²) >= 11 is 0. The number of hydrogen-bond donors (Lipinski definition) is 1. The molecule has 3 rings (SSSR count). The molecule has 0 unspecified atom stereocenters. The minimum absolute atomic E-state index is 0.138. The first-order valence-corrected chi connectivity index (χ1v) is 7.00. The largest absolute Gasteiger partial charge is 0.508 e. The van der Waals surface area contributed by atoms with Gasteiger partial charge in [-0.05, 0) is 49.7 Å². The van der Waals surface area contributed by atoms with Gasteiger partial charge in [-0.3, -0.25) is 9.20 Å². The third-order valence-corrected chi connectivity index (χ3v) is 3.68. The summed E-state index contributed by atoms with van der Waals surface area (Å²) in [6.07, 6.45) is 1.91. The molecule has 1 N–H and O–H groups in total. The van der Waals surface area contributed by atoms with Gasteiger partial charge < -0.3 is 10.0 Å². The number of anilines is 1. The van der Waals surface area contributed by atoms with Gasteiger partial charge in [0.15, 0.2) is 0 Å². The predicted molar refractivity (Wildman–Crippen MR) is 85.5 cm³/mol. The van der Waals surface area contributed by atoms with Crippen LogP contribution < -0.4 is 4.90 Å². The van der Waals surface area contributed by atoms with E-state index in [1.165, 1.54) is 0 Å². The minimum Gasteiger partial charge on any atom is -0.508 e. The van der Waals surface area contributed by atoms with Crippen LogP contribution in [-0.4, -0.2) is 27.4 Å². The van der Waals surface area contributed by atoms with E-state index < -0.39 is 0 Å². The molecule has 5 nitrogen and oxygen atoms in total. The van der Waals surface area contributed by atoms with Crippen molar-refractivity contribution in [2.45, 2.75) is 13.8 Å². The highest BCUT2D eigenvalue weighted by Gasteiger charge is 2.21. The van der Waals surface area contributed by atoms with Gasteiger partial charge >= 0.3 is 0 Å². The van der Waals surface area contributed by atoms with Crippen molar-refractivity contribution in [3.05, 3.63) is 59.5 Å². The number of phenols is 1. The molecule has 0 radical (unpaired) electrons. The van der Waals surface area contributed by atoms with Crippen molar-refractivity contribution in [2.75, 3.05) is 11.9 Å². The fourth-order valence-corrected chi connectivity index (χ4v) is 2.48. The zero-order valence-corrected chi connectivity index (χ0v) is 12.7. The number of hydrogen-bond acceptors (Lipinski definition) is 3. The van der Waals surface area contributed by atoms with Crippen molar-refractivity contribution in [1.29, 1.82) is 0 Å². The number of aromatic hydroxyl groups is 1. The Morgan fingerprint density at radius 2 is 1.82 bits per heavy atom. The highest BCUT2D eigenvalue weighted by Crippen LogP contribution is 2.21. The third kappa shape index (κ3) is 2.30. The Morgan fingerprint density at radius 3 is 2.50 bits per heavy atom. The van der Waals surface area contributed by atoms with E-state index in [9.17, 15) is 9.90 Å². The summed E-state index contributed by atoms with van der Waals surface area (Å²) < 4.78 is 1.82. The molecule has 0 spiro atoms. The highest BCUT2D eigenvalue weighted by atomic mass is 16.3. The van der Waals surface area contributed by atoms with Crippen molar-refractivity contribution in [2.24, 2.45) is 0 Å². The molecular formula is C17H17N3O2. The zero-order chi connectivity index (χ0) is 15.9. The van der Waals surface area contributed by atoms with Crippen molar-refractivity contribution in [1.82, 2.24) is 9.38 Å². The fourth-order valence-electron chi connectivity index (χ4n) is 2.48. The maximum Gasteiger partial charge on any atom is 0.276 e. The molecule has 1 aromatic carbocycles. The molecule has 0 saturated heterocycles. The monoisotopic (exact) mass is 295 g/mol. The summed E-state index contributed by atoms with van der Waals surface area (Å²) in [5, 5.41) is 9.36. The van der Waals surface area contributed by atoms with E-state index in [0.717, 1.165) is 11.2 Å². The lowest BCUT2D eigenvalue weighted by Gasteiger charge is -2.17. The number of pyridine rings is 1. The summed E-state index contributed by atoms with van der Waals surface area (Å²) in [4.78, 5) is 18.8. The smallest absolute Gasteiger partial charge is 0.276 e. The molecule has 1 amide bonds. The number of imidazole rings is 1. The molecule has 3 aromatic rings. The molecule has 0 saturated carbocycles. The number of carbonyl (C=O) groups is 1.